The number of hydrogen-bond acceptors (Lipinski definition) is 5. The number of para-hydroxylation sites is 1. The molecule has 0 bridgehead atoms. The van der Waals surface area contributed by atoms with Crippen LogP contribution in [0.5, 0.6) is 0 Å². The van der Waals surface area contributed by atoms with Gasteiger partial charge in [-0.25, -0.2) is 10.4 Å². The van der Waals surface area contributed by atoms with Crippen molar-refractivity contribution in [3.8, 4) is 0 Å². The molecule has 1 N–H and O–H groups in total. The number of fused-ring (bicyclic) bond motifs is 1. The van der Waals surface area contributed by atoms with Crippen molar-refractivity contribution in [1.29, 1.82) is 0 Å². The molecule has 0 spiro atoms. The second-order valence-electron chi connectivity index (χ2n) is 5.25. The van der Waals surface area contributed by atoms with E-state index < -0.39 is 0 Å². The molecule has 0 aliphatic heterocycles. The fourth-order valence-corrected chi connectivity index (χ4v) is 4.60. The van der Waals surface area contributed by atoms with E-state index in [9.17, 15) is 4.79 Å². The molecule has 3 rings (SSSR count). The number of thiazole rings is 1. The molecule has 1 heterocycles. The highest BCUT2D eigenvalue weighted by atomic mass is 35.5. The first-order valence-electron chi connectivity index (χ1n) is 7.76. The standard InChI is InChI=1S/C18H16ClN3OS2/c1-2-15(24-18-21-14-8-3-4-9-16(14)25-18)17(23)22-20-11-12-6-5-7-13(19)10-12/h3-11,15H,2H2,1H3,(H,22,23)/b20-11+. The number of hydrazone groups is 1. The lowest BCUT2D eigenvalue weighted by Gasteiger charge is -2.10. The van der Waals surface area contributed by atoms with Gasteiger partial charge in [0, 0.05) is 5.02 Å². The molecule has 3 aromatic rings. The van der Waals surface area contributed by atoms with Crippen molar-refractivity contribution in [2.75, 3.05) is 0 Å². The van der Waals surface area contributed by atoms with Crippen LogP contribution in [0.3, 0.4) is 0 Å². The van der Waals surface area contributed by atoms with Gasteiger partial charge in [0.05, 0.1) is 21.7 Å². The maximum Gasteiger partial charge on any atom is 0.253 e. The van der Waals surface area contributed by atoms with Crippen LogP contribution in [0.2, 0.25) is 5.02 Å². The minimum absolute atomic E-state index is 0.134. The van der Waals surface area contributed by atoms with Gasteiger partial charge in [-0.15, -0.1) is 11.3 Å². The van der Waals surface area contributed by atoms with Gasteiger partial charge < -0.3 is 0 Å². The summed E-state index contributed by atoms with van der Waals surface area (Å²) in [4.78, 5) is 16.9. The minimum Gasteiger partial charge on any atom is -0.272 e. The van der Waals surface area contributed by atoms with Crippen LogP contribution in [0, 0.1) is 0 Å². The molecule has 1 unspecified atom stereocenters. The third kappa shape index (κ3) is 4.81. The van der Waals surface area contributed by atoms with Crippen LogP contribution in [0.25, 0.3) is 10.2 Å². The Labute approximate surface area is 159 Å². The number of rotatable bonds is 6. The molecular formula is C18H16ClN3OS2. The maximum atomic E-state index is 12.4. The summed E-state index contributed by atoms with van der Waals surface area (Å²) >= 11 is 9.00. The fourth-order valence-electron chi connectivity index (χ4n) is 2.17. The average Bonchev–Trinajstić information content (AvgIpc) is 3.02. The van der Waals surface area contributed by atoms with Crippen LogP contribution in [-0.4, -0.2) is 22.4 Å². The van der Waals surface area contributed by atoms with Crippen LogP contribution in [0.1, 0.15) is 18.9 Å². The number of aromatic nitrogens is 1. The zero-order valence-corrected chi connectivity index (χ0v) is 15.9. The highest BCUT2D eigenvalue weighted by molar-refractivity contribution is 8.02. The van der Waals surface area contributed by atoms with Crippen molar-refractivity contribution in [2.24, 2.45) is 5.10 Å². The Hall–Kier alpha value is -1.89. The van der Waals surface area contributed by atoms with E-state index >= 15 is 0 Å². The third-order valence-electron chi connectivity index (χ3n) is 3.42. The summed E-state index contributed by atoms with van der Waals surface area (Å²) < 4.78 is 2.02. The van der Waals surface area contributed by atoms with Gasteiger partial charge in [0.25, 0.3) is 5.91 Å². The number of nitrogens with zero attached hydrogens (tertiary/aromatic N) is 2. The van der Waals surface area contributed by atoms with Gasteiger partial charge in [-0.3, -0.25) is 4.79 Å². The Balaban J connectivity index is 1.62. The number of amides is 1. The average molecular weight is 390 g/mol. The summed E-state index contributed by atoms with van der Waals surface area (Å²) in [5, 5.41) is 4.42. The molecule has 4 nitrogen and oxygen atoms in total. The monoisotopic (exact) mass is 389 g/mol. The first-order chi connectivity index (χ1) is 12.2. The van der Waals surface area contributed by atoms with Crippen LogP contribution in [0.4, 0.5) is 0 Å². The SMILES string of the molecule is CCC(Sc1nc2ccccc2s1)C(=O)N/N=C/c1cccc(Cl)c1. The molecule has 128 valence electrons. The lowest BCUT2D eigenvalue weighted by Crippen LogP contribution is -2.28. The number of nitrogens with one attached hydrogen (secondary N) is 1. The second kappa shape index (κ2) is 8.47. The largest absolute Gasteiger partial charge is 0.272 e. The normalized spacial score (nSPS) is 12.6. The molecule has 0 saturated carbocycles. The van der Waals surface area contributed by atoms with Crippen LogP contribution < -0.4 is 5.43 Å². The van der Waals surface area contributed by atoms with E-state index in [0.717, 1.165) is 20.1 Å². The van der Waals surface area contributed by atoms with Crippen molar-refractivity contribution in [1.82, 2.24) is 10.4 Å². The highest BCUT2D eigenvalue weighted by Crippen LogP contribution is 2.33. The van der Waals surface area contributed by atoms with Gasteiger partial charge in [0.1, 0.15) is 0 Å². The van der Waals surface area contributed by atoms with Crippen LogP contribution >= 0.6 is 34.7 Å². The lowest BCUT2D eigenvalue weighted by atomic mass is 10.2. The maximum absolute atomic E-state index is 12.4. The van der Waals surface area contributed by atoms with Gasteiger partial charge in [0.15, 0.2) is 4.34 Å². The Morgan fingerprint density at radius 2 is 2.20 bits per heavy atom. The predicted octanol–water partition coefficient (Wildman–Crippen LogP) is 4.97. The Morgan fingerprint density at radius 3 is 2.96 bits per heavy atom. The summed E-state index contributed by atoms with van der Waals surface area (Å²) in [6.07, 6.45) is 2.28. The quantitative estimate of drug-likeness (QED) is 0.368. The molecule has 7 heteroatoms. The minimum atomic E-state index is -0.239. The smallest absolute Gasteiger partial charge is 0.253 e. The Bertz CT molecular complexity index is 877. The van der Waals surface area contributed by atoms with Crippen LogP contribution in [-0.2, 0) is 4.79 Å². The number of carbonyl (C=O) groups excluding carboxylic acids is 1. The third-order valence-corrected chi connectivity index (χ3v) is 6.15. The molecule has 2 aromatic carbocycles. The van der Waals surface area contributed by atoms with E-state index in [1.807, 2.05) is 43.3 Å². The fraction of sp³-hybridized carbons (Fsp3) is 0.167. The van der Waals surface area contributed by atoms with Gasteiger partial charge >= 0.3 is 0 Å². The van der Waals surface area contributed by atoms with E-state index in [4.69, 9.17) is 11.6 Å². The predicted molar refractivity (Wildman–Crippen MR) is 107 cm³/mol. The molecule has 1 atom stereocenters. The summed E-state index contributed by atoms with van der Waals surface area (Å²) in [6.45, 7) is 1.98. The second-order valence-corrected chi connectivity index (χ2v) is 8.17. The van der Waals surface area contributed by atoms with Crippen molar-refractivity contribution < 1.29 is 4.79 Å². The van der Waals surface area contributed by atoms with Gasteiger partial charge in [-0.05, 0) is 36.2 Å². The summed E-state index contributed by atoms with van der Waals surface area (Å²) in [7, 11) is 0. The molecular weight excluding hydrogens is 374 g/mol. The number of carbonyl (C=O) groups is 1. The number of halogens is 1. The zero-order valence-electron chi connectivity index (χ0n) is 13.5. The summed E-state index contributed by atoms with van der Waals surface area (Å²) in [5.41, 5.74) is 4.39. The molecule has 1 aromatic heterocycles. The van der Waals surface area contributed by atoms with Crippen LogP contribution in [0.15, 0.2) is 58.0 Å². The van der Waals surface area contributed by atoms with Crippen molar-refractivity contribution in [3.63, 3.8) is 0 Å². The van der Waals surface area contributed by atoms with E-state index in [1.165, 1.54) is 11.8 Å². The molecule has 0 aliphatic carbocycles. The van der Waals surface area contributed by atoms with Gasteiger partial charge in [-0.2, -0.15) is 5.10 Å². The summed E-state index contributed by atoms with van der Waals surface area (Å²) in [5.74, 6) is -0.134. The summed E-state index contributed by atoms with van der Waals surface area (Å²) in [6, 6.07) is 15.2. The molecule has 0 aliphatic rings. The van der Waals surface area contributed by atoms with E-state index in [0.29, 0.717) is 11.4 Å². The molecule has 0 fully saturated rings. The van der Waals surface area contributed by atoms with Crippen molar-refractivity contribution >= 4 is 57.0 Å². The zero-order chi connectivity index (χ0) is 17.6. The molecule has 25 heavy (non-hydrogen) atoms. The number of benzene rings is 2. The Morgan fingerprint density at radius 1 is 1.36 bits per heavy atom. The topological polar surface area (TPSA) is 54.4 Å². The number of thioether (sulfide) groups is 1. The molecule has 0 saturated heterocycles. The first-order valence-corrected chi connectivity index (χ1v) is 9.84. The van der Waals surface area contributed by atoms with Gasteiger partial charge in [0.2, 0.25) is 0 Å². The van der Waals surface area contributed by atoms with E-state index in [2.05, 4.69) is 15.5 Å². The van der Waals surface area contributed by atoms with E-state index in [1.54, 1.807) is 29.7 Å². The lowest BCUT2D eigenvalue weighted by molar-refractivity contribution is -0.120. The first kappa shape index (κ1) is 17.9. The number of hydrogen-bond donors (Lipinski definition) is 1. The molecule has 1 amide bonds. The molecule has 0 radical (unpaired) electrons. The van der Waals surface area contributed by atoms with E-state index in [-0.39, 0.29) is 11.2 Å². The highest BCUT2D eigenvalue weighted by Gasteiger charge is 2.19. The van der Waals surface area contributed by atoms with Gasteiger partial charge in [-0.1, -0.05) is 54.6 Å². The Kier molecular flexibility index (Phi) is 6.07. The van der Waals surface area contributed by atoms with Crippen molar-refractivity contribution in [2.45, 2.75) is 22.9 Å². The van der Waals surface area contributed by atoms with Crippen molar-refractivity contribution in [3.05, 3.63) is 59.1 Å².